The molecule has 0 saturated heterocycles. The second-order valence-corrected chi connectivity index (χ2v) is 6.40. The van der Waals surface area contributed by atoms with E-state index in [4.69, 9.17) is 9.15 Å². The lowest BCUT2D eigenvalue weighted by molar-refractivity contribution is -0.154. The van der Waals surface area contributed by atoms with Gasteiger partial charge in [0.25, 0.3) is 5.91 Å². The van der Waals surface area contributed by atoms with Crippen molar-refractivity contribution in [3.8, 4) is 11.3 Å². The summed E-state index contributed by atoms with van der Waals surface area (Å²) in [6.07, 6.45) is -0.182. The van der Waals surface area contributed by atoms with Gasteiger partial charge in [-0.05, 0) is 25.0 Å². The van der Waals surface area contributed by atoms with Gasteiger partial charge in [-0.2, -0.15) is 0 Å². The molecule has 1 aromatic heterocycles. The van der Waals surface area contributed by atoms with Gasteiger partial charge in [0, 0.05) is 18.5 Å². The minimum Gasteiger partial charge on any atom is -0.461 e. The molecule has 25 heavy (non-hydrogen) atoms. The van der Waals surface area contributed by atoms with Gasteiger partial charge >= 0.3 is 5.97 Å². The Morgan fingerprint density at radius 3 is 2.48 bits per heavy atom. The molecule has 0 bridgehead atoms. The summed E-state index contributed by atoms with van der Waals surface area (Å²) in [6.45, 7) is 6.15. The Morgan fingerprint density at radius 2 is 1.80 bits per heavy atom. The largest absolute Gasteiger partial charge is 0.461 e. The molecule has 0 aliphatic rings. The van der Waals surface area contributed by atoms with E-state index in [-0.39, 0.29) is 12.3 Å². The van der Waals surface area contributed by atoms with Crippen LogP contribution in [0, 0.1) is 5.92 Å². The summed E-state index contributed by atoms with van der Waals surface area (Å²) in [5, 5.41) is 2.75. The molecule has 2 rings (SSSR count). The number of ether oxygens (including phenoxy) is 1. The minimum absolute atomic E-state index is 0.170. The minimum atomic E-state index is -0.789. The highest BCUT2D eigenvalue weighted by atomic mass is 16.5. The van der Waals surface area contributed by atoms with Crippen molar-refractivity contribution in [3.63, 3.8) is 0 Å². The fourth-order valence-electron chi connectivity index (χ4n) is 2.25. The Balaban J connectivity index is 1.78. The zero-order chi connectivity index (χ0) is 18.2. The van der Waals surface area contributed by atoms with Crippen molar-refractivity contribution < 1.29 is 18.7 Å². The van der Waals surface area contributed by atoms with E-state index in [9.17, 15) is 9.59 Å². The van der Waals surface area contributed by atoms with Crippen LogP contribution in [-0.4, -0.2) is 24.5 Å². The maximum Gasteiger partial charge on any atom is 0.307 e. The first kappa shape index (κ1) is 18.8. The molecule has 1 heterocycles. The number of carbonyl (C=O) groups is 2. The number of aryl methyl sites for hydroxylation is 1. The van der Waals surface area contributed by atoms with Crippen LogP contribution < -0.4 is 5.32 Å². The average molecular weight is 343 g/mol. The van der Waals surface area contributed by atoms with Crippen LogP contribution in [0.4, 0.5) is 0 Å². The monoisotopic (exact) mass is 343 g/mol. The zero-order valence-corrected chi connectivity index (χ0v) is 15.0. The van der Waals surface area contributed by atoms with Gasteiger partial charge in [0.2, 0.25) is 0 Å². The first-order chi connectivity index (χ1) is 12.0. The summed E-state index contributed by atoms with van der Waals surface area (Å²) in [7, 11) is 0. The van der Waals surface area contributed by atoms with Gasteiger partial charge in [-0.15, -0.1) is 0 Å². The third-order valence-electron chi connectivity index (χ3n) is 3.66. The van der Waals surface area contributed by atoms with Crippen LogP contribution in [0.2, 0.25) is 0 Å². The Kier molecular flexibility index (Phi) is 6.81. The van der Waals surface area contributed by atoms with Gasteiger partial charge in [0.15, 0.2) is 6.10 Å². The molecule has 1 aromatic carbocycles. The molecule has 5 heteroatoms. The maximum absolute atomic E-state index is 11.9. The quantitative estimate of drug-likeness (QED) is 0.744. The lowest BCUT2D eigenvalue weighted by Crippen LogP contribution is -2.37. The van der Waals surface area contributed by atoms with Crippen LogP contribution in [0.1, 0.15) is 33.0 Å². The summed E-state index contributed by atoms with van der Waals surface area (Å²) in [5.41, 5.74) is 0.992. The van der Waals surface area contributed by atoms with E-state index in [1.165, 1.54) is 0 Å². The molecule has 1 atom stereocenters. The van der Waals surface area contributed by atoms with E-state index >= 15 is 0 Å². The number of hydrogen-bond acceptors (Lipinski definition) is 4. The van der Waals surface area contributed by atoms with Crippen molar-refractivity contribution in [3.05, 3.63) is 48.2 Å². The van der Waals surface area contributed by atoms with E-state index in [1.807, 2.05) is 56.3 Å². The first-order valence-electron chi connectivity index (χ1n) is 8.57. The number of benzene rings is 1. The summed E-state index contributed by atoms with van der Waals surface area (Å²) in [4.78, 5) is 23.7. The molecule has 0 aliphatic carbocycles. The van der Waals surface area contributed by atoms with E-state index in [1.54, 1.807) is 6.92 Å². The first-order valence-corrected chi connectivity index (χ1v) is 8.57. The number of furan rings is 1. The Bertz CT molecular complexity index is 691. The fourth-order valence-corrected chi connectivity index (χ4v) is 2.25. The topological polar surface area (TPSA) is 68.5 Å². The summed E-state index contributed by atoms with van der Waals surface area (Å²) in [5.74, 6) is 1.15. The standard InChI is InChI=1S/C20H25NO4/c1-14(2)13-21-20(23)15(3)24-19(22)12-10-17-9-11-18(25-17)16-7-5-4-6-8-16/h4-9,11,14-15H,10,12-13H2,1-3H3,(H,21,23). The van der Waals surface area contributed by atoms with E-state index in [0.29, 0.717) is 24.6 Å². The number of esters is 1. The predicted molar refractivity (Wildman–Crippen MR) is 95.9 cm³/mol. The molecule has 1 N–H and O–H groups in total. The Labute approximate surface area is 148 Å². The van der Waals surface area contributed by atoms with Crippen molar-refractivity contribution in [1.29, 1.82) is 0 Å². The third-order valence-corrected chi connectivity index (χ3v) is 3.66. The second-order valence-electron chi connectivity index (χ2n) is 6.40. The molecule has 1 amide bonds. The van der Waals surface area contributed by atoms with Gasteiger partial charge in [-0.1, -0.05) is 44.2 Å². The highest BCUT2D eigenvalue weighted by molar-refractivity contribution is 5.83. The molecule has 0 spiro atoms. The number of nitrogens with one attached hydrogen (secondary N) is 1. The molecule has 0 radical (unpaired) electrons. The smallest absolute Gasteiger partial charge is 0.307 e. The molecule has 0 fully saturated rings. The van der Waals surface area contributed by atoms with Crippen molar-refractivity contribution in [2.45, 2.75) is 39.7 Å². The van der Waals surface area contributed by atoms with Crippen LogP contribution >= 0.6 is 0 Å². The van der Waals surface area contributed by atoms with Crippen molar-refractivity contribution in [1.82, 2.24) is 5.32 Å². The summed E-state index contributed by atoms with van der Waals surface area (Å²) < 4.78 is 10.9. The van der Waals surface area contributed by atoms with Crippen LogP contribution in [0.15, 0.2) is 46.9 Å². The van der Waals surface area contributed by atoms with Crippen LogP contribution in [0.3, 0.4) is 0 Å². The molecule has 2 aromatic rings. The normalized spacial score (nSPS) is 12.0. The van der Waals surface area contributed by atoms with Crippen LogP contribution in [0.5, 0.6) is 0 Å². The summed E-state index contributed by atoms with van der Waals surface area (Å²) >= 11 is 0. The SMILES string of the molecule is CC(C)CNC(=O)C(C)OC(=O)CCc1ccc(-c2ccccc2)o1. The summed E-state index contributed by atoms with van der Waals surface area (Å²) in [6, 6.07) is 13.5. The molecular formula is C20H25NO4. The van der Waals surface area contributed by atoms with Crippen LogP contribution in [0.25, 0.3) is 11.3 Å². The highest BCUT2D eigenvalue weighted by Crippen LogP contribution is 2.22. The lowest BCUT2D eigenvalue weighted by Gasteiger charge is -2.14. The Morgan fingerprint density at radius 1 is 1.08 bits per heavy atom. The van der Waals surface area contributed by atoms with Gasteiger partial charge in [0.05, 0.1) is 6.42 Å². The van der Waals surface area contributed by atoms with Crippen molar-refractivity contribution >= 4 is 11.9 Å². The van der Waals surface area contributed by atoms with Crippen LogP contribution in [-0.2, 0) is 20.7 Å². The molecule has 5 nitrogen and oxygen atoms in total. The predicted octanol–water partition coefficient (Wildman–Crippen LogP) is 3.58. The van der Waals surface area contributed by atoms with Crippen molar-refractivity contribution in [2.24, 2.45) is 5.92 Å². The highest BCUT2D eigenvalue weighted by Gasteiger charge is 2.18. The third kappa shape index (κ3) is 6.10. The molecule has 0 saturated carbocycles. The molecule has 1 unspecified atom stereocenters. The number of hydrogen-bond donors (Lipinski definition) is 1. The van der Waals surface area contributed by atoms with E-state index < -0.39 is 12.1 Å². The van der Waals surface area contributed by atoms with Gasteiger partial charge in [0.1, 0.15) is 11.5 Å². The number of amides is 1. The van der Waals surface area contributed by atoms with Crippen molar-refractivity contribution in [2.75, 3.05) is 6.54 Å². The Hall–Kier alpha value is -2.56. The lowest BCUT2D eigenvalue weighted by atomic mass is 10.2. The maximum atomic E-state index is 11.9. The van der Waals surface area contributed by atoms with Gasteiger partial charge < -0.3 is 14.5 Å². The molecule has 0 aliphatic heterocycles. The number of carbonyl (C=O) groups excluding carboxylic acids is 2. The van der Waals surface area contributed by atoms with Gasteiger partial charge in [-0.3, -0.25) is 9.59 Å². The molecule has 134 valence electrons. The second kappa shape index (κ2) is 9.06. The fraction of sp³-hybridized carbons (Fsp3) is 0.400. The van der Waals surface area contributed by atoms with E-state index in [2.05, 4.69) is 5.32 Å². The number of rotatable bonds is 8. The van der Waals surface area contributed by atoms with E-state index in [0.717, 1.165) is 11.3 Å². The average Bonchev–Trinajstić information content (AvgIpc) is 3.07. The molecular weight excluding hydrogens is 318 g/mol. The zero-order valence-electron chi connectivity index (χ0n) is 15.0. The van der Waals surface area contributed by atoms with Gasteiger partial charge in [-0.25, -0.2) is 0 Å².